The van der Waals surface area contributed by atoms with Crippen LogP contribution in [0.2, 0.25) is 0 Å². The van der Waals surface area contributed by atoms with Crippen molar-refractivity contribution in [2.45, 2.75) is 19.3 Å². The summed E-state index contributed by atoms with van der Waals surface area (Å²) in [6.45, 7) is 3.78. The maximum absolute atomic E-state index is 12.8. The van der Waals surface area contributed by atoms with Crippen molar-refractivity contribution in [3.8, 4) is 0 Å². The molecule has 0 fully saturated rings. The van der Waals surface area contributed by atoms with Crippen molar-refractivity contribution in [1.29, 1.82) is 0 Å². The Morgan fingerprint density at radius 3 is 2.62 bits per heavy atom. The van der Waals surface area contributed by atoms with Crippen LogP contribution in [0.15, 0.2) is 24.3 Å². The van der Waals surface area contributed by atoms with Gasteiger partial charge in [-0.1, -0.05) is 36.8 Å². The first kappa shape index (κ1) is 10.2. The predicted molar refractivity (Wildman–Crippen MR) is 53.6 cm³/mol. The smallest absolute Gasteiger partial charge is 0.1000 e. The van der Waals surface area contributed by atoms with Crippen molar-refractivity contribution < 1.29 is 4.39 Å². The number of nitrogens with two attached hydrogens (primary N) is 1. The molecule has 0 bridgehead atoms. The minimum Gasteiger partial charge on any atom is -0.329 e. The molecule has 72 valence electrons. The van der Waals surface area contributed by atoms with Crippen molar-refractivity contribution in [2.75, 3.05) is 13.2 Å². The fraction of sp³-hybridized carbons (Fsp3) is 0.455. The van der Waals surface area contributed by atoms with Crippen LogP contribution >= 0.6 is 0 Å². The molecular formula is C11H16FN. The number of aryl methyl sites for hydroxylation is 1. The Kier molecular flexibility index (Phi) is 3.04. The summed E-state index contributed by atoms with van der Waals surface area (Å²) in [5, 5.41) is 0. The van der Waals surface area contributed by atoms with Crippen LogP contribution < -0.4 is 5.73 Å². The van der Waals surface area contributed by atoms with Gasteiger partial charge in [0, 0.05) is 12.0 Å². The second-order valence-electron chi connectivity index (χ2n) is 3.77. The van der Waals surface area contributed by atoms with Gasteiger partial charge in [-0.15, -0.1) is 0 Å². The molecule has 1 aromatic carbocycles. The highest BCUT2D eigenvalue weighted by Gasteiger charge is 2.24. The first-order chi connectivity index (χ1) is 6.12. The van der Waals surface area contributed by atoms with E-state index in [0.717, 1.165) is 11.1 Å². The van der Waals surface area contributed by atoms with E-state index >= 15 is 0 Å². The summed E-state index contributed by atoms with van der Waals surface area (Å²) in [5.74, 6) is 0. The lowest BCUT2D eigenvalue weighted by Gasteiger charge is -2.25. The highest BCUT2D eigenvalue weighted by Crippen LogP contribution is 2.23. The maximum Gasteiger partial charge on any atom is 0.1000 e. The summed E-state index contributed by atoms with van der Waals surface area (Å²) in [6.07, 6.45) is 0. The van der Waals surface area contributed by atoms with E-state index in [2.05, 4.69) is 0 Å². The standard InChI is InChI=1S/C11H16FN/c1-9-4-3-5-10(6-9)11(2,7-12)8-13/h3-6H,7-8,13H2,1-2H3. The average molecular weight is 181 g/mol. The Bertz CT molecular complexity index is 279. The van der Waals surface area contributed by atoms with Crippen LogP contribution in [0.25, 0.3) is 0 Å². The van der Waals surface area contributed by atoms with E-state index in [1.807, 2.05) is 38.1 Å². The van der Waals surface area contributed by atoms with Crippen molar-refractivity contribution in [3.63, 3.8) is 0 Å². The topological polar surface area (TPSA) is 26.0 Å². The van der Waals surface area contributed by atoms with Gasteiger partial charge in [-0.05, 0) is 12.5 Å². The molecule has 0 saturated heterocycles. The van der Waals surface area contributed by atoms with E-state index in [0.29, 0.717) is 6.54 Å². The van der Waals surface area contributed by atoms with Crippen molar-refractivity contribution >= 4 is 0 Å². The van der Waals surface area contributed by atoms with Crippen LogP contribution in [0.1, 0.15) is 18.1 Å². The Balaban J connectivity index is 3.05. The molecule has 1 unspecified atom stereocenters. The van der Waals surface area contributed by atoms with Crippen LogP contribution in [0.5, 0.6) is 0 Å². The molecule has 2 N–H and O–H groups in total. The minimum atomic E-state index is -0.522. The van der Waals surface area contributed by atoms with Crippen LogP contribution in [0.3, 0.4) is 0 Å². The largest absolute Gasteiger partial charge is 0.329 e. The molecule has 1 rings (SSSR count). The molecular weight excluding hydrogens is 165 g/mol. The summed E-state index contributed by atoms with van der Waals surface area (Å²) in [7, 11) is 0. The zero-order valence-electron chi connectivity index (χ0n) is 8.18. The Morgan fingerprint density at radius 1 is 1.46 bits per heavy atom. The third-order valence-corrected chi connectivity index (χ3v) is 2.46. The summed E-state index contributed by atoms with van der Waals surface area (Å²) < 4.78 is 12.8. The van der Waals surface area contributed by atoms with Crippen LogP contribution in [0, 0.1) is 6.92 Å². The van der Waals surface area contributed by atoms with Gasteiger partial charge in [0.15, 0.2) is 0 Å². The molecule has 1 aromatic rings. The van der Waals surface area contributed by atoms with E-state index in [9.17, 15) is 4.39 Å². The van der Waals surface area contributed by atoms with Crippen molar-refractivity contribution in [2.24, 2.45) is 5.73 Å². The maximum atomic E-state index is 12.8. The fourth-order valence-corrected chi connectivity index (χ4v) is 1.27. The van der Waals surface area contributed by atoms with Gasteiger partial charge in [0.05, 0.1) is 6.67 Å². The molecule has 0 amide bonds. The number of hydrogen-bond acceptors (Lipinski definition) is 1. The van der Waals surface area contributed by atoms with E-state index in [4.69, 9.17) is 5.73 Å². The second-order valence-corrected chi connectivity index (χ2v) is 3.77. The van der Waals surface area contributed by atoms with Crippen molar-refractivity contribution in [1.82, 2.24) is 0 Å². The van der Waals surface area contributed by atoms with Gasteiger partial charge in [0.1, 0.15) is 0 Å². The summed E-state index contributed by atoms with van der Waals surface area (Å²) in [6, 6.07) is 7.86. The van der Waals surface area contributed by atoms with Gasteiger partial charge in [-0.3, -0.25) is 4.39 Å². The second kappa shape index (κ2) is 3.88. The lowest BCUT2D eigenvalue weighted by molar-refractivity contribution is 0.334. The Morgan fingerprint density at radius 2 is 2.15 bits per heavy atom. The molecule has 0 aliphatic heterocycles. The molecule has 2 heteroatoms. The van der Waals surface area contributed by atoms with Gasteiger partial charge in [0.25, 0.3) is 0 Å². The molecule has 0 heterocycles. The normalized spacial score (nSPS) is 15.4. The zero-order valence-corrected chi connectivity index (χ0v) is 8.18. The third-order valence-electron chi connectivity index (χ3n) is 2.46. The third kappa shape index (κ3) is 2.07. The van der Waals surface area contributed by atoms with E-state index in [1.165, 1.54) is 0 Å². The van der Waals surface area contributed by atoms with Crippen LogP contribution in [0.4, 0.5) is 4.39 Å². The highest BCUT2D eigenvalue weighted by atomic mass is 19.1. The number of hydrogen-bond donors (Lipinski definition) is 1. The van der Waals surface area contributed by atoms with Gasteiger partial charge in [0.2, 0.25) is 0 Å². The highest BCUT2D eigenvalue weighted by molar-refractivity contribution is 5.29. The number of rotatable bonds is 3. The Hall–Kier alpha value is -0.890. The molecule has 13 heavy (non-hydrogen) atoms. The molecule has 0 aliphatic rings. The summed E-state index contributed by atoms with van der Waals surface area (Å²) in [5.41, 5.74) is 7.17. The summed E-state index contributed by atoms with van der Waals surface area (Å²) >= 11 is 0. The van der Waals surface area contributed by atoms with Gasteiger partial charge in [-0.2, -0.15) is 0 Å². The monoisotopic (exact) mass is 181 g/mol. The Labute approximate surface area is 78.8 Å². The summed E-state index contributed by atoms with van der Waals surface area (Å²) in [4.78, 5) is 0. The van der Waals surface area contributed by atoms with Gasteiger partial charge in [-0.25, -0.2) is 0 Å². The number of benzene rings is 1. The molecule has 0 radical (unpaired) electrons. The van der Waals surface area contributed by atoms with Gasteiger partial charge >= 0.3 is 0 Å². The molecule has 0 aromatic heterocycles. The number of alkyl halides is 1. The van der Waals surface area contributed by atoms with Crippen molar-refractivity contribution in [3.05, 3.63) is 35.4 Å². The molecule has 0 spiro atoms. The number of halogens is 1. The zero-order chi connectivity index (χ0) is 9.90. The van der Waals surface area contributed by atoms with E-state index < -0.39 is 12.1 Å². The van der Waals surface area contributed by atoms with E-state index in [-0.39, 0.29) is 0 Å². The predicted octanol–water partition coefficient (Wildman–Crippen LogP) is 2.18. The van der Waals surface area contributed by atoms with Crippen LogP contribution in [-0.4, -0.2) is 13.2 Å². The first-order valence-corrected chi connectivity index (χ1v) is 4.45. The molecule has 1 nitrogen and oxygen atoms in total. The van der Waals surface area contributed by atoms with Gasteiger partial charge < -0.3 is 5.73 Å². The average Bonchev–Trinajstić information content (AvgIpc) is 2.17. The lowest BCUT2D eigenvalue weighted by atomic mass is 9.83. The molecule has 1 atom stereocenters. The molecule has 0 aliphatic carbocycles. The van der Waals surface area contributed by atoms with E-state index in [1.54, 1.807) is 0 Å². The lowest BCUT2D eigenvalue weighted by Crippen LogP contribution is -2.34. The molecule has 0 saturated carbocycles. The minimum absolute atomic E-state index is 0.340. The quantitative estimate of drug-likeness (QED) is 0.760. The van der Waals surface area contributed by atoms with Crippen LogP contribution in [-0.2, 0) is 5.41 Å². The first-order valence-electron chi connectivity index (χ1n) is 4.45. The fourth-order valence-electron chi connectivity index (χ4n) is 1.27. The SMILES string of the molecule is Cc1cccc(C(C)(CN)CF)c1.